The van der Waals surface area contributed by atoms with Crippen molar-refractivity contribution in [3.63, 3.8) is 0 Å². The average Bonchev–Trinajstić information content (AvgIpc) is 2.94. The van der Waals surface area contributed by atoms with Crippen LogP contribution < -0.4 is 10.6 Å². The van der Waals surface area contributed by atoms with Gasteiger partial charge in [-0.3, -0.25) is 4.79 Å². The third kappa shape index (κ3) is 11.1. The Labute approximate surface area is 247 Å². The van der Waals surface area contributed by atoms with Crippen molar-refractivity contribution in [3.05, 3.63) is 77.4 Å². The summed E-state index contributed by atoms with van der Waals surface area (Å²) >= 11 is 0. The molecule has 9 nitrogen and oxygen atoms in total. The number of benzene rings is 3. The number of hydrogen-bond acceptors (Lipinski definition) is 6. The van der Waals surface area contributed by atoms with Crippen molar-refractivity contribution in [2.24, 2.45) is 0 Å². The number of carboxylic acid groups (broad SMARTS) is 2. The van der Waals surface area contributed by atoms with E-state index in [1.54, 1.807) is 0 Å². The fourth-order valence-electron chi connectivity index (χ4n) is 4.83. The number of ether oxygens (including phenoxy) is 2. The highest BCUT2D eigenvalue weighted by molar-refractivity contribution is 5.88. The molecular formula is C33H42N2O7. The molecule has 3 aromatic rings. The lowest BCUT2D eigenvalue weighted by Gasteiger charge is -2.23. The molecule has 4 N–H and O–H groups in total. The molecule has 3 rings (SSSR count). The summed E-state index contributed by atoms with van der Waals surface area (Å²) in [7, 11) is 0. The van der Waals surface area contributed by atoms with E-state index in [2.05, 4.69) is 59.2 Å². The van der Waals surface area contributed by atoms with Crippen molar-refractivity contribution < 1.29 is 34.1 Å². The summed E-state index contributed by atoms with van der Waals surface area (Å²) in [6, 6.07) is 20.9. The maximum atomic E-state index is 12.9. The number of fused-ring (bicyclic) bond motifs is 1. The Hall–Kier alpha value is -3.95. The van der Waals surface area contributed by atoms with E-state index in [9.17, 15) is 19.5 Å². The summed E-state index contributed by atoms with van der Waals surface area (Å²) < 4.78 is 10.7. The molecule has 2 unspecified atom stereocenters. The van der Waals surface area contributed by atoms with E-state index in [4.69, 9.17) is 14.6 Å². The first-order chi connectivity index (χ1) is 20.2. The molecule has 3 aromatic carbocycles. The van der Waals surface area contributed by atoms with Crippen LogP contribution in [0.1, 0.15) is 48.8 Å². The van der Waals surface area contributed by atoms with E-state index < -0.39 is 36.7 Å². The minimum absolute atomic E-state index is 0.124. The minimum Gasteiger partial charge on any atom is -0.480 e. The van der Waals surface area contributed by atoms with Gasteiger partial charge in [0.25, 0.3) is 5.91 Å². The molecule has 0 radical (unpaired) electrons. The number of rotatable bonds is 19. The topological polar surface area (TPSA) is 134 Å². The molecule has 2 atom stereocenters. The van der Waals surface area contributed by atoms with E-state index in [0.29, 0.717) is 25.9 Å². The van der Waals surface area contributed by atoms with Gasteiger partial charge in [-0.2, -0.15) is 0 Å². The first-order valence-electron chi connectivity index (χ1n) is 14.5. The monoisotopic (exact) mass is 578 g/mol. The fraction of sp³-hybridized carbons (Fsp3) is 0.424. The van der Waals surface area contributed by atoms with Crippen LogP contribution in [0.25, 0.3) is 10.8 Å². The zero-order chi connectivity index (χ0) is 30.3. The zero-order valence-electron chi connectivity index (χ0n) is 24.4. The third-order valence-electron chi connectivity index (χ3n) is 6.84. The molecule has 0 spiro atoms. The largest absolute Gasteiger partial charge is 0.480 e. The van der Waals surface area contributed by atoms with Crippen molar-refractivity contribution in [1.29, 1.82) is 0 Å². The first-order valence-corrected chi connectivity index (χ1v) is 14.5. The molecule has 0 heterocycles. The number of nitrogens with one attached hydrogen (secondary N) is 2. The highest BCUT2D eigenvalue weighted by atomic mass is 16.6. The number of amides is 1. The Balaban J connectivity index is 1.43. The molecule has 0 fully saturated rings. The molecule has 0 bridgehead atoms. The van der Waals surface area contributed by atoms with E-state index in [0.717, 1.165) is 31.4 Å². The Bertz CT molecular complexity index is 1310. The van der Waals surface area contributed by atoms with Gasteiger partial charge in [-0.15, -0.1) is 0 Å². The van der Waals surface area contributed by atoms with E-state index in [-0.39, 0.29) is 6.61 Å². The smallest absolute Gasteiger partial charge is 0.336 e. The summed E-state index contributed by atoms with van der Waals surface area (Å²) in [4.78, 5) is 35.8. The number of carboxylic acids is 2. The number of anilines is 1. The van der Waals surface area contributed by atoms with E-state index in [1.165, 1.54) is 27.5 Å². The summed E-state index contributed by atoms with van der Waals surface area (Å²) in [5.41, 5.74) is 4.62. The quantitative estimate of drug-likeness (QED) is 0.144. The lowest BCUT2D eigenvalue weighted by atomic mass is 10.0. The van der Waals surface area contributed by atoms with Gasteiger partial charge in [-0.05, 0) is 85.5 Å². The number of hydrogen-bond donors (Lipinski definition) is 4. The standard InChI is InChI=1S/C33H42N2O7/c1-23-18-24(2)20-28(19-23)34-15-8-9-17-41-30(31(33(39)40)42-22-29(36)37)32(38)35-16-7-3-4-10-25-13-14-26-11-5-6-12-27(26)21-25/h5-6,11-14,18-21,30-31,34H,3-4,7-10,15-17,22H2,1-2H3,(H,35,38)(H,36,37)(H,39,40). The van der Waals surface area contributed by atoms with Gasteiger partial charge in [0, 0.05) is 25.4 Å². The van der Waals surface area contributed by atoms with Gasteiger partial charge in [-0.25, -0.2) is 9.59 Å². The van der Waals surface area contributed by atoms with Crippen LogP contribution in [0.2, 0.25) is 0 Å². The van der Waals surface area contributed by atoms with Crippen molar-refractivity contribution in [1.82, 2.24) is 5.32 Å². The summed E-state index contributed by atoms with van der Waals surface area (Å²) in [5.74, 6) is -3.41. The van der Waals surface area contributed by atoms with Gasteiger partial charge in [0.1, 0.15) is 6.61 Å². The Morgan fingerprint density at radius 1 is 0.762 bits per heavy atom. The molecule has 42 heavy (non-hydrogen) atoms. The van der Waals surface area contributed by atoms with Gasteiger partial charge >= 0.3 is 11.9 Å². The van der Waals surface area contributed by atoms with Crippen LogP contribution in [-0.4, -0.2) is 66.6 Å². The van der Waals surface area contributed by atoms with Crippen molar-refractivity contribution in [3.8, 4) is 0 Å². The summed E-state index contributed by atoms with van der Waals surface area (Å²) in [6.07, 6.45) is 1.56. The molecular weight excluding hydrogens is 536 g/mol. The lowest BCUT2D eigenvalue weighted by Crippen LogP contribution is -2.49. The number of aliphatic carboxylic acids is 2. The SMILES string of the molecule is Cc1cc(C)cc(NCCCCOC(C(=O)NCCCCCc2ccc3ccccc3c2)C(OCC(=O)O)C(=O)O)c1. The highest BCUT2D eigenvalue weighted by Gasteiger charge is 2.36. The summed E-state index contributed by atoms with van der Waals surface area (Å²) in [5, 5.41) is 27.1. The first kappa shape index (κ1) is 32.6. The molecule has 9 heteroatoms. The minimum atomic E-state index is -1.73. The molecule has 0 aliphatic carbocycles. The number of carbonyl (C=O) groups is 3. The molecule has 1 amide bonds. The van der Waals surface area contributed by atoms with Crippen molar-refractivity contribution >= 4 is 34.3 Å². The molecule has 226 valence electrons. The van der Waals surface area contributed by atoms with Crippen molar-refractivity contribution in [2.45, 2.75) is 64.6 Å². The van der Waals surface area contributed by atoms with Gasteiger partial charge in [-0.1, -0.05) is 55.0 Å². The molecule has 0 aliphatic heterocycles. The van der Waals surface area contributed by atoms with Crippen LogP contribution in [0.3, 0.4) is 0 Å². The maximum absolute atomic E-state index is 12.9. The van der Waals surface area contributed by atoms with Crippen LogP contribution in [0.5, 0.6) is 0 Å². The predicted molar refractivity (Wildman–Crippen MR) is 163 cm³/mol. The van der Waals surface area contributed by atoms with Gasteiger partial charge in [0.05, 0.1) is 0 Å². The second kappa shape index (κ2) is 17.1. The molecule has 0 aromatic heterocycles. The van der Waals surface area contributed by atoms with Crippen LogP contribution in [0, 0.1) is 13.8 Å². The predicted octanol–water partition coefficient (Wildman–Crippen LogP) is 5.12. The normalized spacial score (nSPS) is 12.5. The van der Waals surface area contributed by atoms with Gasteiger partial charge < -0.3 is 30.3 Å². The van der Waals surface area contributed by atoms with Crippen LogP contribution in [0.4, 0.5) is 5.69 Å². The number of aryl methyl sites for hydroxylation is 3. The second-order valence-corrected chi connectivity index (χ2v) is 10.5. The summed E-state index contributed by atoms with van der Waals surface area (Å²) in [6.45, 7) is 4.38. The van der Waals surface area contributed by atoms with Crippen LogP contribution in [0.15, 0.2) is 60.7 Å². The molecule has 0 aliphatic rings. The third-order valence-corrected chi connectivity index (χ3v) is 6.84. The van der Waals surface area contributed by atoms with E-state index >= 15 is 0 Å². The van der Waals surface area contributed by atoms with Gasteiger partial charge in [0.15, 0.2) is 12.2 Å². The van der Waals surface area contributed by atoms with Gasteiger partial charge in [0.2, 0.25) is 0 Å². The Morgan fingerprint density at radius 2 is 1.48 bits per heavy atom. The molecule has 0 saturated heterocycles. The second-order valence-electron chi connectivity index (χ2n) is 10.5. The average molecular weight is 579 g/mol. The number of unbranched alkanes of at least 4 members (excludes halogenated alkanes) is 3. The lowest BCUT2D eigenvalue weighted by molar-refractivity contribution is -0.172. The number of carbonyl (C=O) groups excluding carboxylic acids is 1. The zero-order valence-corrected chi connectivity index (χ0v) is 24.4. The Kier molecular flexibility index (Phi) is 13.3. The highest BCUT2D eigenvalue weighted by Crippen LogP contribution is 2.17. The Morgan fingerprint density at radius 3 is 2.19 bits per heavy atom. The van der Waals surface area contributed by atoms with Crippen LogP contribution in [-0.2, 0) is 30.3 Å². The maximum Gasteiger partial charge on any atom is 0.336 e. The van der Waals surface area contributed by atoms with E-state index in [1.807, 2.05) is 26.0 Å². The van der Waals surface area contributed by atoms with Crippen LogP contribution >= 0.6 is 0 Å². The van der Waals surface area contributed by atoms with Crippen molar-refractivity contribution in [2.75, 3.05) is 31.6 Å². The molecule has 0 saturated carbocycles. The fourth-order valence-corrected chi connectivity index (χ4v) is 4.83.